The standard InChI is InChI=1S/C12H25BBrNO3/c1-4-18-12(16)11(7-5-6-9-14)8-10-15(3)13(2)17/h11,17H,4-10H2,1-3H3. The molecule has 0 aromatic heterocycles. The van der Waals surface area contributed by atoms with Crippen molar-refractivity contribution in [3.63, 3.8) is 0 Å². The van der Waals surface area contributed by atoms with E-state index in [1.807, 2.05) is 18.8 Å². The van der Waals surface area contributed by atoms with Crippen LogP contribution in [0, 0.1) is 5.92 Å². The van der Waals surface area contributed by atoms with Crippen LogP contribution in [0.5, 0.6) is 0 Å². The van der Waals surface area contributed by atoms with Crippen LogP contribution in [0.3, 0.4) is 0 Å². The van der Waals surface area contributed by atoms with E-state index in [0.717, 1.165) is 31.0 Å². The zero-order chi connectivity index (χ0) is 14.0. The summed E-state index contributed by atoms with van der Waals surface area (Å²) >= 11 is 3.39. The first-order valence-corrected chi connectivity index (χ1v) is 7.76. The van der Waals surface area contributed by atoms with Gasteiger partial charge in [0.2, 0.25) is 0 Å². The minimum absolute atomic E-state index is 0.0507. The first-order valence-electron chi connectivity index (χ1n) is 6.63. The largest absolute Gasteiger partial charge is 0.466 e. The fourth-order valence-electron chi connectivity index (χ4n) is 1.67. The Labute approximate surface area is 119 Å². The Balaban J connectivity index is 4.15. The molecule has 6 heteroatoms. The predicted molar refractivity (Wildman–Crippen MR) is 78.9 cm³/mol. The van der Waals surface area contributed by atoms with Crippen molar-refractivity contribution in [3.05, 3.63) is 0 Å². The zero-order valence-corrected chi connectivity index (χ0v) is 13.3. The van der Waals surface area contributed by atoms with E-state index < -0.39 is 7.05 Å². The molecule has 0 amide bonds. The lowest BCUT2D eigenvalue weighted by atomic mass is 9.85. The highest BCUT2D eigenvalue weighted by Gasteiger charge is 2.21. The molecule has 0 bridgehead atoms. The highest BCUT2D eigenvalue weighted by Crippen LogP contribution is 2.16. The second-order valence-electron chi connectivity index (χ2n) is 4.53. The van der Waals surface area contributed by atoms with Crippen molar-refractivity contribution < 1.29 is 14.6 Å². The first-order chi connectivity index (χ1) is 8.52. The number of halogens is 1. The van der Waals surface area contributed by atoms with Crippen LogP contribution in [-0.4, -0.2) is 48.4 Å². The molecule has 0 saturated carbocycles. The molecule has 1 unspecified atom stereocenters. The average Bonchev–Trinajstić information content (AvgIpc) is 2.33. The Bertz CT molecular complexity index is 229. The molecule has 0 spiro atoms. The molecule has 0 aliphatic heterocycles. The summed E-state index contributed by atoms with van der Waals surface area (Å²) in [5.41, 5.74) is 0. The molecule has 4 nitrogen and oxygen atoms in total. The maximum atomic E-state index is 11.8. The van der Waals surface area contributed by atoms with Gasteiger partial charge < -0.3 is 14.6 Å². The summed E-state index contributed by atoms with van der Waals surface area (Å²) in [6, 6.07) is 0. The van der Waals surface area contributed by atoms with Crippen molar-refractivity contribution in [2.24, 2.45) is 5.92 Å². The van der Waals surface area contributed by atoms with Gasteiger partial charge in [-0.05, 0) is 46.6 Å². The van der Waals surface area contributed by atoms with Crippen molar-refractivity contribution >= 4 is 28.9 Å². The van der Waals surface area contributed by atoms with Crippen molar-refractivity contribution in [2.45, 2.75) is 39.4 Å². The monoisotopic (exact) mass is 321 g/mol. The van der Waals surface area contributed by atoms with Crippen LogP contribution in [0.15, 0.2) is 0 Å². The Morgan fingerprint density at radius 1 is 1.44 bits per heavy atom. The van der Waals surface area contributed by atoms with E-state index in [1.54, 1.807) is 6.82 Å². The van der Waals surface area contributed by atoms with Gasteiger partial charge in [-0.2, -0.15) is 0 Å². The third-order valence-electron chi connectivity index (χ3n) is 3.02. The quantitative estimate of drug-likeness (QED) is 0.290. The third-order valence-corrected chi connectivity index (χ3v) is 3.59. The van der Waals surface area contributed by atoms with E-state index in [-0.39, 0.29) is 11.9 Å². The maximum absolute atomic E-state index is 11.8. The van der Waals surface area contributed by atoms with Gasteiger partial charge in [-0.15, -0.1) is 0 Å². The van der Waals surface area contributed by atoms with Gasteiger partial charge in [0.25, 0.3) is 0 Å². The summed E-state index contributed by atoms with van der Waals surface area (Å²) in [6.45, 7) is 4.69. The molecule has 0 aliphatic carbocycles. The minimum Gasteiger partial charge on any atom is -0.466 e. The lowest BCUT2D eigenvalue weighted by Crippen LogP contribution is -2.35. The van der Waals surface area contributed by atoms with Crippen molar-refractivity contribution in [2.75, 3.05) is 25.5 Å². The second-order valence-corrected chi connectivity index (χ2v) is 5.33. The van der Waals surface area contributed by atoms with Gasteiger partial charge in [0.05, 0.1) is 12.5 Å². The Kier molecular flexibility index (Phi) is 10.8. The molecule has 0 aliphatic rings. The van der Waals surface area contributed by atoms with Crippen molar-refractivity contribution in [1.29, 1.82) is 0 Å². The number of carbonyl (C=O) groups excluding carboxylic acids is 1. The predicted octanol–water partition coefficient (Wildman–Crippen LogP) is 2.16. The SMILES string of the molecule is CCOC(=O)C(CCCCBr)CCN(C)B(C)O. The molecular formula is C12H25BBrNO3. The summed E-state index contributed by atoms with van der Waals surface area (Å²) in [4.78, 5) is 13.6. The van der Waals surface area contributed by atoms with Crippen LogP contribution in [0.2, 0.25) is 6.82 Å². The number of unbranched alkanes of at least 4 members (excludes halogenated alkanes) is 1. The maximum Gasteiger partial charge on any atom is 0.376 e. The first kappa shape index (κ1) is 17.9. The Morgan fingerprint density at radius 2 is 2.11 bits per heavy atom. The molecule has 0 aromatic rings. The van der Waals surface area contributed by atoms with Gasteiger partial charge in [-0.3, -0.25) is 4.79 Å². The molecule has 1 N–H and O–H groups in total. The lowest BCUT2D eigenvalue weighted by Gasteiger charge is -2.21. The number of esters is 1. The average molecular weight is 322 g/mol. The summed E-state index contributed by atoms with van der Waals surface area (Å²) in [7, 11) is 1.38. The molecule has 0 heterocycles. The van der Waals surface area contributed by atoms with E-state index >= 15 is 0 Å². The van der Waals surface area contributed by atoms with Crippen molar-refractivity contribution in [3.8, 4) is 0 Å². The van der Waals surface area contributed by atoms with Gasteiger partial charge in [0.1, 0.15) is 0 Å². The summed E-state index contributed by atoms with van der Waals surface area (Å²) < 4.78 is 5.10. The molecule has 0 fully saturated rings. The van der Waals surface area contributed by atoms with Gasteiger partial charge in [0.15, 0.2) is 0 Å². The van der Waals surface area contributed by atoms with Gasteiger partial charge in [0, 0.05) is 5.33 Å². The molecule has 106 valence electrons. The highest BCUT2D eigenvalue weighted by atomic mass is 79.9. The summed E-state index contributed by atoms with van der Waals surface area (Å²) in [5, 5.41) is 10.4. The van der Waals surface area contributed by atoms with E-state index in [4.69, 9.17) is 4.74 Å². The molecule has 0 aromatic carbocycles. The van der Waals surface area contributed by atoms with Gasteiger partial charge >= 0.3 is 13.0 Å². The minimum atomic E-state index is -0.476. The molecule has 18 heavy (non-hydrogen) atoms. The second kappa shape index (κ2) is 10.8. The summed E-state index contributed by atoms with van der Waals surface area (Å²) in [5.74, 6) is -0.156. The Morgan fingerprint density at radius 3 is 2.61 bits per heavy atom. The van der Waals surface area contributed by atoms with Gasteiger partial charge in [-0.25, -0.2) is 0 Å². The van der Waals surface area contributed by atoms with Crippen molar-refractivity contribution in [1.82, 2.24) is 4.81 Å². The summed E-state index contributed by atoms with van der Waals surface area (Å²) in [6.07, 6.45) is 3.69. The van der Waals surface area contributed by atoms with Crippen LogP contribution in [-0.2, 0) is 9.53 Å². The zero-order valence-electron chi connectivity index (χ0n) is 11.7. The van der Waals surface area contributed by atoms with E-state index in [9.17, 15) is 9.82 Å². The number of rotatable bonds is 10. The molecule has 0 rings (SSSR count). The number of hydrogen-bond acceptors (Lipinski definition) is 4. The number of nitrogens with zero attached hydrogens (tertiary/aromatic N) is 1. The molecular weight excluding hydrogens is 297 g/mol. The fourth-order valence-corrected chi connectivity index (χ4v) is 2.07. The van der Waals surface area contributed by atoms with Crippen LogP contribution in [0.1, 0.15) is 32.6 Å². The lowest BCUT2D eigenvalue weighted by molar-refractivity contribution is -0.148. The number of alkyl halides is 1. The van der Waals surface area contributed by atoms with Crippen LogP contribution >= 0.6 is 15.9 Å². The van der Waals surface area contributed by atoms with Crippen LogP contribution < -0.4 is 0 Å². The number of ether oxygens (including phenoxy) is 1. The smallest absolute Gasteiger partial charge is 0.376 e. The highest BCUT2D eigenvalue weighted by molar-refractivity contribution is 9.09. The molecule has 0 radical (unpaired) electrons. The van der Waals surface area contributed by atoms with Crippen LogP contribution in [0.25, 0.3) is 0 Å². The van der Waals surface area contributed by atoms with E-state index in [1.165, 1.54) is 0 Å². The molecule has 1 atom stereocenters. The number of hydrogen-bond donors (Lipinski definition) is 1. The van der Waals surface area contributed by atoms with E-state index in [0.29, 0.717) is 13.2 Å². The Hall–Kier alpha value is -0.0651. The normalized spacial score (nSPS) is 12.6. The topological polar surface area (TPSA) is 49.8 Å². The van der Waals surface area contributed by atoms with E-state index in [2.05, 4.69) is 15.9 Å². The number of carbonyl (C=O) groups is 1. The molecule has 0 saturated heterocycles. The van der Waals surface area contributed by atoms with Crippen LogP contribution in [0.4, 0.5) is 0 Å². The van der Waals surface area contributed by atoms with Gasteiger partial charge in [-0.1, -0.05) is 22.4 Å². The third kappa shape index (κ3) is 8.11. The fraction of sp³-hybridized carbons (Fsp3) is 0.917.